The van der Waals surface area contributed by atoms with E-state index in [-0.39, 0.29) is 6.03 Å². The molecule has 1 atom stereocenters. The minimum absolute atomic E-state index is 0.0504. The van der Waals surface area contributed by atoms with Crippen molar-refractivity contribution >= 4 is 12.0 Å². The van der Waals surface area contributed by atoms with E-state index in [2.05, 4.69) is 0 Å². The molecule has 0 radical (unpaired) electrons. The number of likely N-dealkylation sites (tertiary alicyclic amines) is 2. The molecule has 5 nitrogen and oxygen atoms in total. The first-order valence-electron chi connectivity index (χ1n) is 8.40. The first-order chi connectivity index (χ1) is 10.1. The highest BCUT2D eigenvalue weighted by atomic mass is 16.4. The summed E-state index contributed by atoms with van der Waals surface area (Å²) < 4.78 is 0. The summed E-state index contributed by atoms with van der Waals surface area (Å²) in [6.07, 6.45) is 10.3. The van der Waals surface area contributed by atoms with Crippen molar-refractivity contribution < 1.29 is 14.7 Å². The first kappa shape index (κ1) is 14.7. The van der Waals surface area contributed by atoms with E-state index < -0.39 is 12.0 Å². The van der Waals surface area contributed by atoms with Crippen LogP contribution in [0.4, 0.5) is 4.79 Å². The van der Waals surface area contributed by atoms with Crippen LogP contribution in [-0.4, -0.2) is 52.6 Å². The van der Waals surface area contributed by atoms with Gasteiger partial charge in [-0.2, -0.15) is 0 Å². The monoisotopic (exact) mass is 294 g/mol. The smallest absolute Gasteiger partial charge is 0.326 e. The number of urea groups is 1. The second-order valence-electron chi connectivity index (χ2n) is 7.02. The summed E-state index contributed by atoms with van der Waals surface area (Å²) in [6, 6.07) is -0.659. The summed E-state index contributed by atoms with van der Waals surface area (Å²) in [6.45, 7) is 2.21. The lowest BCUT2D eigenvalue weighted by atomic mass is 9.68. The summed E-state index contributed by atoms with van der Waals surface area (Å²) >= 11 is 0. The quantitative estimate of drug-likeness (QED) is 0.809. The molecule has 0 aromatic carbocycles. The Morgan fingerprint density at radius 3 is 2.19 bits per heavy atom. The van der Waals surface area contributed by atoms with Crippen molar-refractivity contribution in [3.8, 4) is 0 Å². The van der Waals surface area contributed by atoms with E-state index >= 15 is 0 Å². The molecular weight excluding hydrogens is 268 g/mol. The highest BCUT2D eigenvalue weighted by Gasteiger charge is 2.40. The second kappa shape index (κ2) is 5.85. The van der Waals surface area contributed by atoms with Crippen LogP contribution in [0.2, 0.25) is 0 Å². The van der Waals surface area contributed by atoms with Crippen LogP contribution in [0.25, 0.3) is 0 Å². The van der Waals surface area contributed by atoms with Gasteiger partial charge in [0, 0.05) is 19.6 Å². The largest absolute Gasteiger partial charge is 0.480 e. The Bertz CT molecular complexity index is 408. The van der Waals surface area contributed by atoms with Crippen LogP contribution in [0.3, 0.4) is 0 Å². The lowest BCUT2D eigenvalue weighted by Gasteiger charge is -2.45. The van der Waals surface area contributed by atoms with E-state index in [1.54, 1.807) is 4.90 Å². The van der Waals surface area contributed by atoms with Gasteiger partial charge in [0.05, 0.1) is 0 Å². The van der Waals surface area contributed by atoms with Gasteiger partial charge in [0.2, 0.25) is 0 Å². The average Bonchev–Trinajstić information content (AvgIpc) is 2.98. The SMILES string of the molecule is O=C(O)C1CCCN1C(=O)N1CCC2(CCCCC2)CC1. The van der Waals surface area contributed by atoms with Gasteiger partial charge in [-0.1, -0.05) is 19.3 Å². The molecule has 2 saturated heterocycles. The zero-order valence-electron chi connectivity index (χ0n) is 12.7. The molecule has 2 heterocycles. The van der Waals surface area contributed by atoms with Gasteiger partial charge in [0.1, 0.15) is 6.04 Å². The fourth-order valence-electron chi connectivity index (χ4n) is 4.41. The van der Waals surface area contributed by atoms with Crippen LogP contribution in [0.5, 0.6) is 0 Å². The number of carboxylic acids is 1. The van der Waals surface area contributed by atoms with Crippen molar-refractivity contribution in [1.29, 1.82) is 0 Å². The number of nitrogens with zero attached hydrogens (tertiary/aromatic N) is 2. The Morgan fingerprint density at radius 2 is 1.57 bits per heavy atom. The Morgan fingerprint density at radius 1 is 0.905 bits per heavy atom. The zero-order chi connectivity index (χ0) is 14.9. The minimum atomic E-state index is -0.860. The van der Waals surface area contributed by atoms with Gasteiger partial charge >= 0.3 is 12.0 Å². The maximum atomic E-state index is 12.6. The summed E-state index contributed by atoms with van der Waals surface area (Å²) in [4.78, 5) is 27.3. The molecular formula is C16H26N2O3. The molecule has 3 fully saturated rings. The number of amides is 2. The van der Waals surface area contributed by atoms with Crippen LogP contribution in [-0.2, 0) is 4.79 Å². The number of rotatable bonds is 1. The molecule has 2 aliphatic heterocycles. The molecule has 3 rings (SSSR count). The van der Waals surface area contributed by atoms with Gasteiger partial charge in [-0.3, -0.25) is 0 Å². The Hall–Kier alpha value is -1.26. The third-order valence-electron chi connectivity index (χ3n) is 5.79. The van der Waals surface area contributed by atoms with Crippen LogP contribution in [0, 0.1) is 5.41 Å². The molecule has 0 aromatic heterocycles. The van der Waals surface area contributed by atoms with Crippen LogP contribution in [0.1, 0.15) is 57.8 Å². The van der Waals surface area contributed by atoms with Gasteiger partial charge in [-0.25, -0.2) is 9.59 Å². The van der Waals surface area contributed by atoms with Crippen molar-refractivity contribution in [3.05, 3.63) is 0 Å². The Labute approximate surface area is 126 Å². The Balaban J connectivity index is 1.58. The maximum absolute atomic E-state index is 12.6. The summed E-state index contributed by atoms with van der Waals surface area (Å²) in [7, 11) is 0. The van der Waals surface area contributed by atoms with Crippen LogP contribution >= 0.6 is 0 Å². The second-order valence-corrected chi connectivity index (χ2v) is 7.02. The van der Waals surface area contributed by atoms with Crippen LogP contribution in [0.15, 0.2) is 0 Å². The van der Waals surface area contributed by atoms with Crippen molar-refractivity contribution in [2.45, 2.75) is 63.8 Å². The summed E-state index contributed by atoms with van der Waals surface area (Å²) in [5, 5.41) is 9.22. The minimum Gasteiger partial charge on any atom is -0.480 e. The van der Waals surface area contributed by atoms with Crippen molar-refractivity contribution in [1.82, 2.24) is 9.80 Å². The highest BCUT2D eigenvalue weighted by Crippen LogP contribution is 2.44. The molecule has 21 heavy (non-hydrogen) atoms. The highest BCUT2D eigenvalue weighted by molar-refractivity contribution is 5.83. The molecule has 1 N–H and O–H groups in total. The number of carbonyl (C=O) groups excluding carboxylic acids is 1. The van der Waals surface area contributed by atoms with Crippen molar-refractivity contribution in [2.24, 2.45) is 5.41 Å². The standard InChI is InChI=1S/C16H26N2O3/c19-14(20)13-5-4-10-18(13)15(21)17-11-8-16(9-12-17)6-2-1-3-7-16/h13H,1-12H2,(H,19,20). The number of hydrogen-bond acceptors (Lipinski definition) is 2. The number of aliphatic carboxylic acids is 1. The fraction of sp³-hybridized carbons (Fsp3) is 0.875. The van der Waals surface area contributed by atoms with Crippen molar-refractivity contribution in [2.75, 3.05) is 19.6 Å². The van der Waals surface area contributed by atoms with E-state index in [0.29, 0.717) is 18.4 Å². The lowest BCUT2D eigenvalue weighted by Crippen LogP contribution is -2.52. The van der Waals surface area contributed by atoms with Crippen molar-refractivity contribution in [3.63, 3.8) is 0 Å². The fourth-order valence-corrected chi connectivity index (χ4v) is 4.41. The van der Waals surface area contributed by atoms with E-state index in [1.165, 1.54) is 32.1 Å². The molecule has 0 aromatic rings. The van der Waals surface area contributed by atoms with E-state index in [9.17, 15) is 14.7 Å². The summed E-state index contributed by atoms with van der Waals surface area (Å²) in [5.41, 5.74) is 0.478. The zero-order valence-corrected chi connectivity index (χ0v) is 12.7. The predicted molar refractivity (Wildman–Crippen MR) is 79.1 cm³/mol. The Kier molecular flexibility index (Phi) is 4.09. The van der Waals surface area contributed by atoms with Gasteiger partial charge in [-0.05, 0) is 43.9 Å². The number of carboxylic acid groups (broad SMARTS) is 1. The van der Waals surface area contributed by atoms with Gasteiger partial charge < -0.3 is 14.9 Å². The van der Waals surface area contributed by atoms with E-state index in [1.807, 2.05) is 4.90 Å². The molecule has 118 valence electrons. The number of hydrogen-bond donors (Lipinski definition) is 1. The van der Waals surface area contributed by atoms with Gasteiger partial charge in [0.15, 0.2) is 0 Å². The summed E-state index contributed by atoms with van der Waals surface area (Å²) in [5.74, 6) is -0.860. The topological polar surface area (TPSA) is 60.9 Å². The van der Waals surface area contributed by atoms with Crippen LogP contribution < -0.4 is 0 Å². The molecule has 1 unspecified atom stereocenters. The molecule has 5 heteroatoms. The van der Waals surface area contributed by atoms with E-state index in [4.69, 9.17) is 0 Å². The first-order valence-corrected chi connectivity index (χ1v) is 8.40. The third-order valence-corrected chi connectivity index (χ3v) is 5.79. The predicted octanol–water partition coefficient (Wildman–Crippen LogP) is 2.70. The lowest BCUT2D eigenvalue weighted by molar-refractivity contribution is -0.141. The molecule has 1 saturated carbocycles. The third kappa shape index (κ3) is 2.87. The molecule has 1 spiro atoms. The molecule has 1 aliphatic carbocycles. The van der Waals surface area contributed by atoms with Gasteiger partial charge in [-0.15, -0.1) is 0 Å². The van der Waals surface area contributed by atoms with E-state index in [0.717, 1.165) is 32.4 Å². The maximum Gasteiger partial charge on any atom is 0.326 e. The normalized spacial score (nSPS) is 28.9. The van der Waals surface area contributed by atoms with Gasteiger partial charge in [0.25, 0.3) is 0 Å². The number of piperidine rings is 1. The molecule has 3 aliphatic rings. The average molecular weight is 294 g/mol. The number of carbonyl (C=O) groups is 2. The molecule has 2 amide bonds. The molecule has 0 bridgehead atoms.